The average molecular weight is 325 g/mol. The van der Waals surface area contributed by atoms with E-state index in [9.17, 15) is 14.7 Å². The van der Waals surface area contributed by atoms with Crippen LogP contribution in [-0.4, -0.2) is 47.7 Å². The molecule has 0 saturated carbocycles. The normalized spacial score (nSPS) is 20.5. The van der Waals surface area contributed by atoms with Crippen molar-refractivity contribution >= 4 is 23.6 Å². The number of nitrogens with one attached hydrogen (secondary N) is 1. The molecule has 1 saturated heterocycles. The molecule has 1 aromatic carbocycles. The Morgan fingerprint density at radius 3 is 2.73 bits per heavy atom. The fraction of sp³-hybridized carbons (Fsp3) is 0.467. The summed E-state index contributed by atoms with van der Waals surface area (Å²) in [6.45, 7) is 2.28. The number of rotatable bonds is 6. The molecule has 1 amide bonds. The topological polar surface area (TPSA) is 84.9 Å². The molecule has 1 heterocycles. The van der Waals surface area contributed by atoms with Crippen molar-refractivity contribution < 1.29 is 24.2 Å². The number of aliphatic carboxylic acids is 1. The molecule has 2 N–H and O–H groups in total. The van der Waals surface area contributed by atoms with Crippen LogP contribution in [0.15, 0.2) is 18.2 Å². The van der Waals surface area contributed by atoms with Crippen molar-refractivity contribution in [3.8, 4) is 11.5 Å². The Morgan fingerprint density at radius 1 is 1.41 bits per heavy atom. The van der Waals surface area contributed by atoms with E-state index in [0.29, 0.717) is 35.8 Å². The smallest absolute Gasteiger partial charge is 0.330 e. The molecule has 120 valence electrons. The van der Waals surface area contributed by atoms with Gasteiger partial charge in [0.25, 0.3) is 5.91 Å². The summed E-state index contributed by atoms with van der Waals surface area (Å²) in [5.41, 5.74) is -0.838. The summed E-state index contributed by atoms with van der Waals surface area (Å²) in [6, 6.07) is 4.79. The minimum Gasteiger partial charge on any atom is -0.493 e. The van der Waals surface area contributed by atoms with Crippen LogP contribution in [0.5, 0.6) is 11.5 Å². The Labute approximate surface area is 133 Å². The van der Waals surface area contributed by atoms with Gasteiger partial charge in [0.15, 0.2) is 11.5 Å². The van der Waals surface area contributed by atoms with Crippen molar-refractivity contribution in [2.24, 2.45) is 0 Å². The zero-order chi connectivity index (χ0) is 16.2. The van der Waals surface area contributed by atoms with Crippen LogP contribution in [0.4, 0.5) is 0 Å². The molecule has 6 nitrogen and oxygen atoms in total. The van der Waals surface area contributed by atoms with Crippen molar-refractivity contribution in [2.45, 2.75) is 18.9 Å². The van der Waals surface area contributed by atoms with E-state index in [1.54, 1.807) is 18.2 Å². The number of hydrogen-bond donors (Lipinski definition) is 2. The molecule has 0 bridgehead atoms. The maximum atomic E-state index is 12.4. The second-order valence-electron chi connectivity index (χ2n) is 4.94. The largest absolute Gasteiger partial charge is 0.493 e. The minimum absolute atomic E-state index is 0.349. The summed E-state index contributed by atoms with van der Waals surface area (Å²) in [4.78, 5) is 23.9. The lowest BCUT2D eigenvalue weighted by molar-refractivity contribution is -0.143. The van der Waals surface area contributed by atoms with E-state index in [1.165, 1.54) is 18.9 Å². The van der Waals surface area contributed by atoms with Crippen LogP contribution in [0, 0.1) is 0 Å². The molecule has 0 aliphatic carbocycles. The van der Waals surface area contributed by atoms with Crippen LogP contribution < -0.4 is 14.8 Å². The molecule has 1 aliphatic rings. The standard InChI is InChI=1S/C15H19NO5S/c1-3-21-12-8-10(4-5-11(12)20-2)13(17)16-15(14(18)19)6-7-22-9-15/h4-5,8H,3,6-7,9H2,1-2H3,(H,16,17)(H,18,19). The quantitative estimate of drug-likeness (QED) is 0.829. The van der Waals surface area contributed by atoms with Gasteiger partial charge in [-0.2, -0.15) is 11.8 Å². The molecule has 1 aromatic rings. The van der Waals surface area contributed by atoms with Crippen LogP contribution >= 0.6 is 11.8 Å². The van der Waals surface area contributed by atoms with E-state index in [-0.39, 0.29) is 0 Å². The molecule has 7 heteroatoms. The van der Waals surface area contributed by atoms with Gasteiger partial charge in [-0.15, -0.1) is 0 Å². The van der Waals surface area contributed by atoms with Gasteiger partial charge in [0.2, 0.25) is 0 Å². The third-order valence-electron chi connectivity index (χ3n) is 3.51. The first-order valence-corrected chi connectivity index (χ1v) is 8.12. The lowest BCUT2D eigenvalue weighted by Gasteiger charge is -2.24. The minimum atomic E-state index is -1.19. The highest BCUT2D eigenvalue weighted by Crippen LogP contribution is 2.30. The number of carbonyl (C=O) groups is 2. The lowest BCUT2D eigenvalue weighted by Crippen LogP contribution is -2.54. The molecule has 0 spiro atoms. The number of hydrogen-bond acceptors (Lipinski definition) is 5. The molecule has 0 aromatic heterocycles. The number of thioether (sulfide) groups is 1. The Kier molecular flexibility index (Phi) is 5.18. The molecular weight excluding hydrogens is 306 g/mol. The third-order valence-corrected chi connectivity index (χ3v) is 4.70. The molecule has 1 fully saturated rings. The van der Waals surface area contributed by atoms with Crippen LogP contribution in [0.25, 0.3) is 0 Å². The van der Waals surface area contributed by atoms with Crippen molar-refractivity contribution in [2.75, 3.05) is 25.2 Å². The van der Waals surface area contributed by atoms with Crippen molar-refractivity contribution in [3.63, 3.8) is 0 Å². The monoisotopic (exact) mass is 325 g/mol. The number of ether oxygens (including phenoxy) is 2. The number of amides is 1. The number of carbonyl (C=O) groups excluding carboxylic acids is 1. The van der Waals surface area contributed by atoms with Crippen LogP contribution in [0.3, 0.4) is 0 Å². The maximum absolute atomic E-state index is 12.4. The Hall–Kier alpha value is -1.89. The van der Waals surface area contributed by atoms with Gasteiger partial charge in [0, 0.05) is 11.3 Å². The highest BCUT2D eigenvalue weighted by Gasteiger charge is 2.43. The molecule has 1 aliphatic heterocycles. The number of benzene rings is 1. The van der Waals surface area contributed by atoms with E-state index in [2.05, 4.69) is 5.32 Å². The summed E-state index contributed by atoms with van der Waals surface area (Å²) in [6.07, 6.45) is 0.424. The summed E-state index contributed by atoms with van der Waals surface area (Å²) in [5.74, 6) is 0.672. The van der Waals surface area contributed by atoms with E-state index < -0.39 is 17.4 Å². The lowest BCUT2D eigenvalue weighted by atomic mass is 9.98. The van der Waals surface area contributed by atoms with Gasteiger partial charge in [-0.1, -0.05) is 0 Å². The molecule has 0 radical (unpaired) electrons. The predicted octanol–water partition coefficient (Wildman–Crippen LogP) is 1.78. The van der Waals surface area contributed by atoms with Crippen LogP contribution in [0.2, 0.25) is 0 Å². The first-order valence-electron chi connectivity index (χ1n) is 6.97. The summed E-state index contributed by atoms with van der Waals surface area (Å²) >= 11 is 1.52. The summed E-state index contributed by atoms with van der Waals surface area (Å²) < 4.78 is 10.6. The third kappa shape index (κ3) is 3.30. The first-order chi connectivity index (χ1) is 10.5. The van der Waals surface area contributed by atoms with E-state index in [0.717, 1.165) is 5.75 Å². The second-order valence-corrected chi connectivity index (χ2v) is 6.05. The number of methoxy groups -OCH3 is 1. The number of carboxylic acid groups (broad SMARTS) is 1. The molecule has 1 atom stereocenters. The van der Waals surface area contributed by atoms with Crippen LogP contribution in [0.1, 0.15) is 23.7 Å². The predicted molar refractivity (Wildman–Crippen MR) is 83.9 cm³/mol. The number of carboxylic acids is 1. The SMILES string of the molecule is CCOc1cc(C(=O)NC2(C(=O)O)CCSC2)ccc1OC. The van der Waals surface area contributed by atoms with Gasteiger partial charge in [-0.3, -0.25) is 4.79 Å². The van der Waals surface area contributed by atoms with Gasteiger partial charge < -0.3 is 19.9 Å². The molecule has 1 unspecified atom stereocenters. The molecular formula is C15H19NO5S. The fourth-order valence-electron chi connectivity index (χ4n) is 2.26. The highest BCUT2D eigenvalue weighted by atomic mass is 32.2. The van der Waals surface area contributed by atoms with Gasteiger partial charge in [-0.25, -0.2) is 4.79 Å². The van der Waals surface area contributed by atoms with Crippen LogP contribution in [-0.2, 0) is 4.79 Å². The first kappa shape index (κ1) is 16.5. The van der Waals surface area contributed by atoms with Crippen molar-refractivity contribution in [1.82, 2.24) is 5.32 Å². The van der Waals surface area contributed by atoms with Crippen molar-refractivity contribution in [3.05, 3.63) is 23.8 Å². The van der Waals surface area contributed by atoms with Gasteiger partial charge >= 0.3 is 5.97 Å². The Bertz CT molecular complexity index is 569. The average Bonchev–Trinajstić information content (AvgIpc) is 2.97. The maximum Gasteiger partial charge on any atom is 0.330 e. The fourth-order valence-corrected chi connectivity index (χ4v) is 3.59. The summed E-state index contributed by atoms with van der Waals surface area (Å²) in [7, 11) is 1.52. The Balaban J connectivity index is 2.22. The summed E-state index contributed by atoms with van der Waals surface area (Å²) in [5, 5.41) is 12.1. The van der Waals surface area contributed by atoms with Crippen molar-refractivity contribution in [1.29, 1.82) is 0 Å². The van der Waals surface area contributed by atoms with E-state index >= 15 is 0 Å². The highest BCUT2D eigenvalue weighted by molar-refractivity contribution is 7.99. The molecule has 2 rings (SSSR count). The van der Waals surface area contributed by atoms with Gasteiger partial charge in [0.1, 0.15) is 5.54 Å². The van der Waals surface area contributed by atoms with Gasteiger partial charge in [0.05, 0.1) is 13.7 Å². The van der Waals surface area contributed by atoms with Gasteiger partial charge in [-0.05, 0) is 37.3 Å². The zero-order valence-electron chi connectivity index (χ0n) is 12.5. The van der Waals surface area contributed by atoms with E-state index in [4.69, 9.17) is 9.47 Å². The molecule has 22 heavy (non-hydrogen) atoms. The zero-order valence-corrected chi connectivity index (χ0v) is 13.4. The second kappa shape index (κ2) is 6.91. The van der Waals surface area contributed by atoms with E-state index in [1.807, 2.05) is 6.92 Å². The Morgan fingerprint density at radius 2 is 2.18 bits per heavy atom.